The number of rotatable bonds is 1. The molecule has 0 amide bonds. The Labute approximate surface area is 119 Å². The third kappa shape index (κ3) is 3.05. The van der Waals surface area contributed by atoms with Gasteiger partial charge >= 0.3 is 12.4 Å². The molecule has 0 aliphatic carbocycles. The number of halogens is 8. The van der Waals surface area contributed by atoms with Gasteiger partial charge in [-0.1, -0.05) is 12.1 Å². The SMILES string of the molecule is Fc1cc(C(F)(F)F)ccc1-c1c(F)cccc1C(F)(F)F. The van der Waals surface area contributed by atoms with Gasteiger partial charge in [0.2, 0.25) is 0 Å². The molecular formula is C14H6F8. The van der Waals surface area contributed by atoms with E-state index in [1.807, 2.05) is 0 Å². The standard InChI is InChI=1S/C14H6F8/c15-10-3-1-2-9(14(20,21)22)12(10)8-5-4-7(6-11(8)16)13(17,18)19/h1-6H. The molecule has 0 nitrogen and oxygen atoms in total. The summed E-state index contributed by atoms with van der Waals surface area (Å²) in [7, 11) is 0. The Morgan fingerprint density at radius 3 is 1.82 bits per heavy atom. The number of hydrogen-bond acceptors (Lipinski definition) is 0. The normalized spacial score (nSPS) is 12.5. The van der Waals surface area contributed by atoms with Crippen molar-refractivity contribution in [2.24, 2.45) is 0 Å². The number of hydrogen-bond donors (Lipinski definition) is 0. The minimum Gasteiger partial charge on any atom is -0.206 e. The van der Waals surface area contributed by atoms with Gasteiger partial charge in [0.05, 0.1) is 11.1 Å². The second-order valence-corrected chi connectivity index (χ2v) is 4.35. The quantitative estimate of drug-likeness (QED) is 0.592. The lowest BCUT2D eigenvalue weighted by molar-refractivity contribution is -0.138. The molecule has 2 aromatic rings. The molecular weight excluding hydrogens is 320 g/mol. The van der Waals surface area contributed by atoms with E-state index in [4.69, 9.17) is 0 Å². The van der Waals surface area contributed by atoms with E-state index in [-0.39, 0.29) is 6.07 Å². The van der Waals surface area contributed by atoms with Crippen LogP contribution in [0.3, 0.4) is 0 Å². The summed E-state index contributed by atoms with van der Waals surface area (Å²) in [4.78, 5) is 0. The maximum Gasteiger partial charge on any atom is 0.417 e. The topological polar surface area (TPSA) is 0 Å². The van der Waals surface area contributed by atoms with Crippen molar-refractivity contribution in [3.8, 4) is 11.1 Å². The van der Waals surface area contributed by atoms with Crippen LogP contribution in [0, 0.1) is 11.6 Å². The average molecular weight is 326 g/mol. The van der Waals surface area contributed by atoms with Crippen molar-refractivity contribution >= 4 is 0 Å². The highest BCUT2D eigenvalue weighted by atomic mass is 19.4. The molecule has 0 aromatic heterocycles. The third-order valence-electron chi connectivity index (χ3n) is 2.88. The van der Waals surface area contributed by atoms with Crippen molar-refractivity contribution in [1.82, 2.24) is 0 Å². The van der Waals surface area contributed by atoms with Crippen molar-refractivity contribution in [2.75, 3.05) is 0 Å². The van der Waals surface area contributed by atoms with Crippen LogP contribution in [0.25, 0.3) is 11.1 Å². The zero-order valence-electron chi connectivity index (χ0n) is 10.5. The van der Waals surface area contributed by atoms with Gasteiger partial charge in [-0.2, -0.15) is 26.3 Å². The highest BCUT2D eigenvalue weighted by molar-refractivity contribution is 5.69. The predicted octanol–water partition coefficient (Wildman–Crippen LogP) is 5.67. The molecule has 8 heteroatoms. The summed E-state index contributed by atoms with van der Waals surface area (Å²) in [5.41, 5.74) is -4.86. The molecule has 118 valence electrons. The van der Waals surface area contributed by atoms with Crippen molar-refractivity contribution in [2.45, 2.75) is 12.4 Å². The molecule has 0 unspecified atom stereocenters. The Bertz CT molecular complexity index is 697. The minimum absolute atomic E-state index is 0.0297. The number of alkyl halides is 6. The van der Waals surface area contributed by atoms with Crippen LogP contribution in [-0.2, 0) is 12.4 Å². The van der Waals surface area contributed by atoms with E-state index in [1.165, 1.54) is 0 Å². The fraction of sp³-hybridized carbons (Fsp3) is 0.143. The Morgan fingerprint density at radius 1 is 0.682 bits per heavy atom. The van der Waals surface area contributed by atoms with Crippen molar-refractivity contribution in [3.05, 3.63) is 59.2 Å². The summed E-state index contributed by atoms with van der Waals surface area (Å²) >= 11 is 0. The first-order chi connectivity index (χ1) is 10.0. The van der Waals surface area contributed by atoms with Gasteiger partial charge in [0.25, 0.3) is 0 Å². The Balaban J connectivity index is 2.68. The molecule has 0 N–H and O–H groups in total. The molecule has 0 radical (unpaired) electrons. The van der Waals surface area contributed by atoms with Gasteiger partial charge in [-0.3, -0.25) is 0 Å². The smallest absolute Gasteiger partial charge is 0.206 e. The van der Waals surface area contributed by atoms with Crippen LogP contribution in [0.1, 0.15) is 11.1 Å². The van der Waals surface area contributed by atoms with Crippen LogP contribution in [-0.4, -0.2) is 0 Å². The van der Waals surface area contributed by atoms with E-state index in [1.54, 1.807) is 0 Å². The largest absolute Gasteiger partial charge is 0.417 e. The Kier molecular flexibility index (Phi) is 3.88. The average Bonchev–Trinajstić information content (AvgIpc) is 2.36. The van der Waals surface area contributed by atoms with Crippen LogP contribution in [0.2, 0.25) is 0 Å². The first-order valence-electron chi connectivity index (χ1n) is 5.74. The first kappa shape index (κ1) is 16.3. The van der Waals surface area contributed by atoms with E-state index in [0.29, 0.717) is 24.3 Å². The molecule has 0 atom stereocenters. The zero-order chi connectivity index (χ0) is 16.7. The molecule has 0 saturated carbocycles. The second kappa shape index (κ2) is 5.26. The van der Waals surface area contributed by atoms with Crippen molar-refractivity contribution < 1.29 is 35.1 Å². The molecule has 2 aromatic carbocycles. The number of benzene rings is 2. The predicted molar refractivity (Wildman–Crippen MR) is 61.8 cm³/mol. The van der Waals surface area contributed by atoms with Crippen LogP contribution in [0.15, 0.2) is 36.4 Å². The van der Waals surface area contributed by atoms with Gasteiger partial charge < -0.3 is 0 Å². The van der Waals surface area contributed by atoms with Gasteiger partial charge in [0.15, 0.2) is 0 Å². The van der Waals surface area contributed by atoms with E-state index in [9.17, 15) is 35.1 Å². The summed E-state index contributed by atoms with van der Waals surface area (Å²) < 4.78 is 103. The van der Waals surface area contributed by atoms with Crippen LogP contribution < -0.4 is 0 Å². The highest BCUT2D eigenvalue weighted by Crippen LogP contribution is 2.40. The summed E-state index contributed by atoms with van der Waals surface area (Å²) in [6, 6.07) is 2.87. The fourth-order valence-corrected chi connectivity index (χ4v) is 1.93. The lowest BCUT2D eigenvalue weighted by Crippen LogP contribution is -2.10. The minimum atomic E-state index is -4.98. The lowest BCUT2D eigenvalue weighted by Gasteiger charge is -2.15. The maximum atomic E-state index is 13.8. The van der Waals surface area contributed by atoms with Crippen LogP contribution >= 0.6 is 0 Å². The Hall–Kier alpha value is -2.12. The zero-order valence-corrected chi connectivity index (χ0v) is 10.5. The third-order valence-corrected chi connectivity index (χ3v) is 2.88. The molecule has 0 heterocycles. The molecule has 0 fully saturated rings. The summed E-state index contributed by atoms with van der Waals surface area (Å²) in [6.07, 6.45) is -9.84. The van der Waals surface area contributed by atoms with Gasteiger partial charge in [0.1, 0.15) is 11.6 Å². The molecule has 0 bridgehead atoms. The monoisotopic (exact) mass is 326 g/mol. The molecule has 0 aliphatic heterocycles. The first-order valence-corrected chi connectivity index (χ1v) is 5.74. The summed E-state index contributed by atoms with van der Waals surface area (Å²) in [6.45, 7) is 0. The Morgan fingerprint density at radius 2 is 1.32 bits per heavy atom. The summed E-state index contributed by atoms with van der Waals surface area (Å²) in [5.74, 6) is -2.97. The van der Waals surface area contributed by atoms with E-state index < -0.39 is 46.2 Å². The molecule has 0 spiro atoms. The van der Waals surface area contributed by atoms with Crippen LogP contribution in [0.4, 0.5) is 35.1 Å². The van der Waals surface area contributed by atoms with Crippen LogP contribution in [0.5, 0.6) is 0 Å². The van der Waals surface area contributed by atoms with Crippen molar-refractivity contribution in [3.63, 3.8) is 0 Å². The molecule has 2 rings (SSSR count). The second-order valence-electron chi connectivity index (χ2n) is 4.35. The van der Waals surface area contributed by atoms with E-state index >= 15 is 0 Å². The van der Waals surface area contributed by atoms with Crippen molar-refractivity contribution in [1.29, 1.82) is 0 Å². The van der Waals surface area contributed by atoms with Gasteiger partial charge in [-0.25, -0.2) is 8.78 Å². The summed E-state index contributed by atoms with van der Waals surface area (Å²) in [5, 5.41) is 0. The maximum absolute atomic E-state index is 13.8. The molecule has 0 saturated heterocycles. The lowest BCUT2D eigenvalue weighted by atomic mass is 9.97. The van der Waals surface area contributed by atoms with Gasteiger partial charge in [-0.15, -0.1) is 0 Å². The van der Waals surface area contributed by atoms with E-state index in [2.05, 4.69) is 0 Å². The van der Waals surface area contributed by atoms with Gasteiger partial charge in [-0.05, 0) is 24.3 Å². The molecule has 22 heavy (non-hydrogen) atoms. The highest BCUT2D eigenvalue weighted by Gasteiger charge is 2.36. The fourth-order valence-electron chi connectivity index (χ4n) is 1.93. The molecule has 0 aliphatic rings. The van der Waals surface area contributed by atoms with Gasteiger partial charge in [0, 0.05) is 11.1 Å². The van der Waals surface area contributed by atoms with E-state index in [0.717, 1.165) is 6.07 Å².